The Morgan fingerprint density at radius 2 is 2.09 bits per heavy atom. The predicted octanol–water partition coefficient (Wildman–Crippen LogP) is 3.37. The lowest BCUT2D eigenvalue weighted by Gasteiger charge is -2.30. The van der Waals surface area contributed by atoms with Crippen molar-refractivity contribution < 1.29 is 14.7 Å². The molecular weight excluding hydrogens is 310 g/mol. The standard InChI is InChI=1S/C18H23NO3S/c1-23-17-14-11-19(10-13(14)7-8-16(17)20)15(18(21)22)9-12-5-3-2-4-6-12/h7-8,10,12,15H,2-6,9,11H2,1H3,(H,21,22)/t15-/m0/s1. The number of rotatable bonds is 5. The first-order valence-electron chi connectivity index (χ1n) is 8.30. The van der Waals surface area contributed by atoms with Crippen molar-refractivity contribution in [1.82, 2.24) is 4.90 Å². The van der Waals surface area contributed by atoms with Crippen LogP contribution in [0.25, 0.3) is 0 Å². The topological polar surface area (TPSA) is 57.6 Å². The predicted molar refractivity (Wildman–Crippen MR) is 92.1 cm³/mol. The van der Waals surface area contributed by atoms with Crippen LogP contribution < -0.4 is 0 Å². The summed E-state index contributed by atoms with van der Waals surface area (Å²) < 4.78 is 0. The highest BCUT2D eigenvalue weighted by Gasteiger charge is 2.34. The molecule has 2 aliphatic carbocycles. The number of hydrogen-bond acceptors (Lipinski definition) is 4. The molecule has 1 fully saturated rings. The van der Waals surface area contributed by atoms with E-state index in [9.17, 15) is 14.7 Å². The fraction of sp³-hybridized carbons (Fsp3) is 0.556. The number of ketones is 1. The number of carboxylic acids is 1. The summed E-state index contributed by atoms with van der Waals surface area (Å²) in [6.07, 6.45) is 13.9. The second kappa shape index (κ2) is 6.95. The second-order valence-corrected chi connectivity index (χ2v) is 7.38. The number of hydrogen-bond donors (Lipinski definition) is 1. The maximum Gasteiger partial charge on any atom is 0.326 e. The van der Waals surface area contributed by atoms with Crippen LogP contribution in [0.3, 0.4) is 0 Å². The van der Waals surface area contributed by atoms with Crippen LogP contribution in [0.15, 0.2) is 34.4 Å². The number of thioether (sulfide) groups is 1. The van der Waals surface area contributed by atoms with Crippen LogP contribution in [0, 0.1) is 5.92 Å². The fourth-order valence-corrected chi connectivity index (χ4v) is 4.55. The molecule has 1 atom stereocenters. The monoisotopic (exact) mass is 333 g/mol. The third kappa shape index (κ3) is 3.39. The molecule has 1 saturated carbocycles. The van der Waals surface area contributed by atoms with Gasteiger partial charge in [-0.25, -0.2) is 4.79 Å². The molecule has 4 nitrogen and oxygen atoms in total. The van der Waals surface area contributed by atoms with Gasteiger partial charge >= 0.3 is 5.97 Å². The molecule has 0 saturated heterocycles. The Labute approximate surface area is 141 Å². The van der Waals surface area contributed by atoms with Crippen molar-refractivity contribution >= 4 is 23.5 Å². The lowest BCUT2D eigenvalue weighted by atomic mass is 9.84. The minimum Gasteiger partial charge on any atom is -0.480 e. The van der Waals surface area contributed by atoms with E-state index in [2.05, 4.69) is 0 Å². The maximum absolute atomic E-state index is 12.0. The number of carbonyl (C=O) groups is 2. The van der Waals surface area contributed by atoms with E-state index in [4.69, 9.17) is 0 Å². The third-order valence-corrected chi connectivity index (χ3v) is 5.93. The van der Waals surface area contributed by atoms with Gasteiger partial charge in [-0.3, -0.25) is 4.79 Å². The van der Waals surface area contributed by atoms with E-state index in [0.717, 1.165) is 28.9 Å². The highest BCUT2D eigenvalue weighted by Crippen LogP contribution is 2.36. The van der Waals surface area contributed by atoms with Crippen molar-refractivity contribution in [2.45, 2.75) is 44.6 Å². The van der Waals surface area contributed by atoms with Crippen molar-refractivity contribution in [2.75, 3.05) is 12.8 Å². The zero-order chi connectivity index (χ0) is 16.4. The van der Waals surface area contributed by atoms with E-state index in [0.29, 0.717) is 18.9 Å². The summed E-state index contributed by atoms with van der Waals surface area (Å²) in [6.45, 7) is 0.533. The normalized spacial score (nSPS) is 23.1. The Balaban J connectivity index is 1.78. The highest BCUT2D eigenvalue weighted by molar-refractivity contribution is 8.03. The van der Waals surface area contributed by atoms with E-state index in [1.165, 1.54) is 31.0 Å². The summed E-state index contributed by atoms with van der Waals surface area (Å²) in [5.41, 5.74) is 1.98. The quantitative estimate of drug-likeness (QED) is 0.836. The van der Waals surface area contributed by atoms with Crippen molar-refractivity contribution in [3.8, 4) is 0 Å². The number of allylic oxidation sites excluding steroid dienone is 3. The molecule has 0 bridgehead atoms. The van der Waals surface area contributed by atoms with Gasteiger partial charge in [0.05, 0.1) is 4.91 Å². The van der Waals surface area contributed by atoms with Crippen LogP contribution in [-0.2, 0) is 9.59 Å². The van der Waals surface area contributed by atoms with E-state index in [1.54, 1.807) is 6.08 Å². The molecule has 1 aliphatic heterocycles. The zero-order valence-corrected chi connectivity index (χ0v) is 14.3. The Morgan fingerprint density at radius 3 is 2.74 bits per heavy atom. The SMILES string of the molecule is CSC1=C2CN([C@@H](CC3CCCCC3)C(=O)O)C=C2C=CC1=O. The van der Waals surface area contributed by atoms with Crippen molar-refractivity contribution in [2.24, 2.45) is 5.92 Å². The molecule has 23 heavy (non-hydrogen) atoms. The Morgan fingerprint density at radius 1 is 1.35 bits per heavy atom. The molecule has 0 aromatic rings. The van der Waals surface area contributed by atoms with Crippen LogP contribution in [0.2, 0.25) is 0 Å². The van der Waals surface area contributed by atoms with Gasteiger partial charge in [0, 0.05) is 12.7 Å². The second-order valence-electron chi connectivity index (χ2n) is 6.56. The lowest BCUT2D eigenvalue weighted by molar-refractivity contribution is -0.142. The smallest absolute Gasteiger partial charge is 0.326 e. The molecule has 0 aromatic carbocycles. The van der Waals surface area contributed by atoms with Gasteiger partial charge in [0.1, 0.15) is 6.04 Å². The highest BCUT2D eigenvalue weighted by atomic mass is 32.2. The number of carboxylic acid groups (broad SMARTS) is 1. The number of nitrogens with zero attached hydrogens (tertiary/aromatic N) is 1. The fourth-order valence-electron chi connectivity index (χ4n) is 3.85. The Bertz CT molecular complexity index is 599. The molecule has 0 amide bonds. The third-order valence-electron chi connectivity index (χ3n) is 5.08. The Hall–Kier alpha value is -1.49. The maximum atomic E-state index is 12.0. The van der Waals surface area contributed by atoms with E-state index in [1.807, 2.05) is 23.4 Å². The molecule has 0 unspecified atom stereocenters. The van der Waals surface area contributed by atoms with Crippen molar-refractivity contribution in [1.29, 1.82) is 0 Å². The average Bonchev–Trinajstić information content (AvgIpc) is 2.97. The summed E-state index contributed by atoms with van der Waals surface area (Å²) in [4.78, 5) is 26.4. The molecule has 1 N–H and O–H groups in total. The van der Waals surface area contributed by atoms with Gasteiger partial charge in [0.15, 0.2) is 5.78 Å². The number of carbonyl (C=O) groups excluding carboxylic acids is 1. The first-order valence-corrected chi connectivity index (χ1v) is 9.53. The molecule has 5 heteroatoms. The van der Waals surface area contributed by atoms with Gasteiger partial charge in [-0.15, -0.1) is 11.8 Å². The van der Waals surface area contributed by atoms with Gasteiger partial charge in [0.25, 0.3) is 0 Å². The summed E-state index contributed by atoms with van der Waals surface area (Å²) in [5, 5.41) is 9.70. The van der Waals surface area contributed by atoms with Crippen LogP contribution >= 0.6 is 11.8 Å². The van der Waals surface area contributed by atoms with Crippen molar-refractivity contribution in [3.63, 3.8) is 0 Å². The summed E-state index contributed by atoms with van der Waals surface area (Å²) in [6, 6.07) is -0.490. The molecule has 3 aliphatic rings. The first kappa shape index (κ1) is 16.4. The van der Waals surface area contributed by atoms with Crippen LogP contribution in [0.4, 0.5) is 0 Å². The number of aliphatic carboxylic acids is 1. The van der Waals surface area contributed by atoms with Crippen LogP contribution in [0.1, 0.15) is 38.5 Å². The molecule has 0 aromatic heterocycles. The van der Waals surface area contributed by atoms with Crippen LogP contribution in [-0.4, -0.2) is 40.6 Å². The van der Waals surface area contributed by atoms with Gasteiger partial charge < -0.3 is 10.0 Å². The van der Waals surface area contributed by atoms with Gasteiger partial charge in [-0.2, -0.15) is 0 Å². The van der Waals surface area contributed by atoms with Gasteiger partial charge in [-0.05, 0) is 41.9 Å². The van der Waals surface area contributed by atoms with E-state index < -0.39 is 12.0 Å². The summed E-state index contributed by atoms with van der Waals surface area (Å²) in [7, 11) is 0. The minimum absolute atomic E-state index is 0.0330. The molecule has 3 rings (SSSR count). The summed E-state index contributed by atoms with van der Waals surface area (Å²) >= 11 is 1.45. The summed E-state index contributed by atoms with van der Waals surface area (Å²) in [5.74, 6) is -0.213. The van der Waals surface area contributed by atoms with Crippen molar-refractivity contribution in [3.05, 3.63) is 34.4 Å². The number of fused-ring (bicyclic) bond motifs is 1. The minimum atomic E-state index is -0.757. The largest absolute Gasteiger partial charge is 0.480 e. The first-order chi connectivity index (χ1) is 11.1. The molecule has 0 spiro atoms. The van der Waals surface area contributed by atoms with Gasteiger partial charge in [0.2, 0.25) is 0 Å². The van der Waals surface area contributed by atoms with Crippen LogP contribution in [0.5, 0.6) is 0 Å². The van der Waals surface area contributed by atoms with E-state index in [-0.39, 0.29) is 5.78 Å². The van der Waals surface area contributed by atoms with Gasteiger partial charge in [-0.1, -0.05) is 32.1 Å². The Kier molecular flexibility index (Phi) is 4.95. The molecule has 124 valence electrons. The average molecular weight is 333 g/mol. The molecule has 0 radical (unpaired) electrons. The zero-order valence-electron chi connectivity index (χ0n) is 13.5. The van der Waals surface area contributed by atoms with E-state index >= 15 is 0 Å². The molecule has 1 heterocycles. The molecular formula is C18H23NO3S. The lowest BCUT2D eigenvalue weighted by Crippen LogP contribution is -2.38.